The molecule has 0 radical (unpaired) electrons. The van der Waals surface area contributed by atoms with Crippen molar-refractivity contribution in [1.29, 1.82) is 0 Å². The van der Waals surface area contributed by atoms with Gasteiger partial charge in [0.1, 0.15) is 6.61 Å². The molecule has 0 fully saturated rings. The summed E-state index contributed by atoms with van der Waals surface area (Å²) in [5.41, 5.74) is 1.93. The summed E-state index contributed by atoms with van der Waals surface area (Å²) in [7, 11) is 3.34. The number of nitrogens with one attached hydrogen (secondary N) is 2. The maximum atomic E-state index is 14.3. The molecule has 7 nitrogen and oxygen atoms in total. The van der Waals surface area contributed by atoms with Crippen LogP contribution in [0.15, 0.2) is 79.0 Å². The minimum atomic E-state index is -4.50. The fourth-order valence-corrected chi connectivity index (χ4v) is 4.16. The molecule has 0 aliphatic rings. The van der Waals surface area contributed by atoms with E-state index in [0.29, 0.717) is 41.2 Å². The maximum absolute atomic E-state index is 14.3. The molecule has 2 N–H and O–H groups in total. The van der Waals surface area contributed by atoms with E-state index in [2.05, 4.69) is 20.5 Å². The Hall–Kier alpha value is -4.51. The van der Waals surface area contributed by atoms with Gasteiger partial charge in [0, 0.05) is 51.1 Å². The number of pyridine rings is 1. The van der Waals surface area contributed by atoms with Crippen molar-refractivity contribution in [1.82, 2.24) is 25.4 Å². The second-order valence-corrected chi connectivity index (χ2v) is 9.36. The number of fused-ring (bicyclic) bond motifs is 1. The molecule has 0 aliphatic carbocycles. The molecule has 0 atom stereocenters. The first-order valence-electron chi connectivity index (χ1n) is 12.8. The van der Waals surface area contributed by atoms with Gasteiger partial charge in [0.15, 0.2) is 0 Å². The number of alkyl halides is 3. The molecule has 4 aromatic rings. The number of halogens is 4. The summed E-state index contributed by atoms with van der Waals surface area (Å²) in [6.45, 7) is 1.24. The zero-order chi connectivity index (χ0) is 29.4. The lowest BCUT2D eigenvalue weighted by Gasteiger charge is -2.19. The Labute approximate surface area is 234 Å². The van der Waals surface area contributed by atoms with Crippen molar-refractivity contribution in [3.63, 3.8) is 0 Å². The number of carbonyl (C=O) groups is 1. The molecule has 41 heavy (non-hydrogen) atoms. The number of aromatic amines is 1. The molecule has 0 saturated carbocycles. The molecule has 2 aromatic carbocycles. The van der Waals surface area contributed by atoms with Crippen LogP contribution < -0.4 is 10.1 Å². The molecular weight excluding hydrogens is 538 g/mol. The minimum absolute atomic E-state index is 0.0295. The smallest absolute Gasteiger partial charge is 0.393 e. The van der Waals surface area contributed by atoms with Crippen LogP contribution in [0.2, 0.25) is 0 Å². The Morgan fingerprint density at radius 2 is 1.80 bits per heavy atom. The second-order valence-electron chi connectivity index (χ2n) is 9.36. The molecule has 2 aromatic heterocycles. The molecule has 0 bridgehead atoms. The highest BCUT2D eigenvalue weighted by Crippen LogP contribution is 2.40. The quantitative estimate of drug-likeness (QED) is 0.106. The normalized spacial score (nSPS) is 12.5. The number of benzene rings is 2. The number of amides is 1. The summed E-state index contributed by atoms with van der Waals surface area (Å²) in [6, 6.07) is 16.2. The highest BCUT2D eigenvalue weighted by molar-refractivity contribution is 6.00. The SMILES string of the molecule is CN(C)C(=O)C=CCNCCOc1ccc(C(=C(CC(F)(F)F)c2ccccc2)c2ccc3[nH]nc(F)c3c2)cn1. The van der Waals surface area contributed by atoms with E-state index >= 15 is 0 Å². The van der Waals surface area contributed by atoms with Crippen molar-refractivity contribution < 1.29 is 27.1 Å². The van der Waals surface area contributed by atoms with E-state index in [0.717, 1.165) is 0 Å². The highest BCUT2D eigenvalue weighted by atomic mass is 19.4. The molecule has 0 saturated heterocycles. The summed E-state index contributed by atoms with van der Waals surface area (Å²) in [5.74, 6) is -0.559. The predicted octanol–water partition coefficient (Wildman–Crippen LogP) is 5.62. The van der Waals surface area contributed by atoms with Crippen LogP contribution in [0.5, 0.6) is 5.88 Å². The number of likely N-dealkylation sites (N-methyl/N-ethyl adjacent to an activating group) is 1. The van der Waals surface area contributed by atoms with E-state index in [9.17, 15) is 22.4 Å². The van der Waals surface area contributed by atoms with E-state index < -0.39 is 18.5 Å². The summed E-state index contributed by atoms with van der Waals surface area (Å²) < 4.78 is 61.6. The van der Waals surface area contributed by atoms with Crippen LogP contribution in [0.3, 0.4) is 0 Å². The number of allylic oxidation sites excluding steroid dienone is 1. The molecule has 2 heterocycles. The number of rotatable bonds is 11. The van der Waals surface area contributed by atoms with E-state index in [1.54, 1.807) is 74.8 Å². The van der Waals surface area contributed by atoms with Gasteiger partial charge in [-0.1, -0.05) is 42.5 Å². The summed E-state index contributed by atoms with van der Waals surface area (Å²) in [5, 5.41) is 9.41. The second kappa shape index (κ2) is 13.2. The Morgan fingerprint density at radius 1 is 1.05 bits per heavy atom. The molecule has 0 aliphatic heterocycles. The largest absolute Gasteiger partial charge is 0.476 e. The van der Waals surface area contributed by atoms with Crippen molar-refractivity contribution in [2.75, 3.05) is 33.8 Å². The van der Waals surface area contributed by atoms with Crippen molar-refractivity contribution in [3.8, 4) is 5.88 Å². The molecule has 11 heteroatoms. The molecule has 1 amide bonds. The van der Waals surface area contributed by atoms with Crippen molar-refractivity contribution in [2.45, 2.75) is 12.6 Å². The van der Waals surface area contributed by atoms with Gasteiger partial charge in [-0.3, -0.25) is 9.89 Å². The lowest BCUT2D eigenvalue weighted by atomic mass is 9.88. The Kier molecular flexibility index (Phi) is 9.51. The number of hydrogen-bond acceptors (Lipinski definition) is 5. The van der Waals surface area contributed by atoms with Crippen LogP contribution in [0.4, 0.5) is 17.6 Å². The average molecular weight is 568 g/mol. The number of nitrogens with zero attached hydrogens (tertiary/aromatic N) is 3. The highest BCUT2D eigenvalue weighted by Gasteiger charge is 2.31. The van der Waals surface area contributed by atoms with Crippen LogP contribution >= 0.6 is 0 Å². The standard InChI is InChI=1S/C30H29F4N5O2/c1-39(2)27(40)9-6-14-35-15-16-41-26-13-11-22(19-36-26)28(21-10-12-25-23(17-21)29(31)38-37-25)24(18-30(32,33)34)20-7-4-3-5-8-20/h3-13,17,19,35H,14-16,18H2,1-2H3,(H,37,38). The van der Waals surface area contributed by atoms with Crippen molar-refractivity contribution in [3.05, 3.63) is 102 Å². The summed E-state index contributed by atoms with van der Waals surface area (Å²) >= 11 is 0. The lowest BCUT2D eigenvalue weighted by molar-refractivity contribution is -0.124. The van der Waals surface area contributed by atoms with Crippen molar-refractivity contribution in [2.24, 2.45) is 0 Å². The van der Waals surface area contributed by atoms with Gasteiger partial charge in [0.25, 0.3) is 0 Å². The Morgan fingerprint density at radius 3 is 2.49 bits per heavy atom. The van der Waals surface area contributed by atoms with Gasteiger partial charge in [-0.15, -0.1) is 5.10 Å². The van der Waals surface area contributed by atoms with Crippen LogP contribution in [0, 0.1) is 5.95 Å². The zero-order valence-corrected chi connectivity index (χ0v) is 22.5. The molecule has 0 unspecified atom stereocenters. The molecule has 0 spiro atoms. The minimum Gasteiger partial charge on any atom is -0.476 e. The van der Waals surface area contributed by atoms with E-state index in [1.165, 1.54) is 23.2 Å². The van der Waals surface area contributed by atoms with Gasteiger partial charge in [-0.25, -0.2) is 4.98 Å². The number of H-pyrrole nitrogens is 1. The first-order valence-corrected chi connectivity index (χ1v) is 12.8. The van der Waals surface area contributed by atoms with Crippen LogP contribution in [-0.2, 0) is 4.79 Å². The number of carbonyl (C=O) groups excluding carboxylic acids is 1. The first kappa shape index (κ1) is 29.5. The topological polar surface area (TPSA) is 83.1 Å². The van der Waals surface area contributed by atoms with E-state index in [-0.39, 0.29) is 29.0 Å². The molecule has 4 rings (SSSR count). The van der Waals surface area contributed by atoms with Gasteiger partial charge in [-0.05, 0) is 40.5 Å². The number of ether oxygens (including phenoxy) is 1. The average Bonchev–Trinajstić information content (AvgIpc) is 3.32. The van der Waals surface area contributed by atoms with Crippen LogP contribution in [-0.4, -0.2) is 66.0 Å². The van der Waals surface area contributed by atoms with E-state index in [4.69, 9.17) is 4.74 Å². The fraction of sp³-hybridized carbons (Fsp3) is 0.233. The monoisotopic (exact) mass is 567 g/mol. The summed E-state index contributed by atoms with van der Waals surface area (Å²) in [6.07, 6.45) is -1.07. The third-order valence-electron chi connectivity index (χ3n) is 6.12. The zero-order valence-electron chi connectivity index (χ0n) is 22.5. The predicted molar refractivity (Wildman–Crippen MR) is 150 cm³/mol. The fourth-order valence-electron chi connectivity index (χ4n) is 4.16. The third-order valence-corrected chi connectivity index (χ3v) is 6.12. The number of hydrogen-bond donors (Lipinski definition) is 2. The number of aromatic nitrogens is 3. The van der Waals surface area contributed by atoms with Crippen molar-refractivity contribution >= 4 is 28.0 Å². The van der Waals surface area contributed by atoms with Gasteiger partial charge >= 0.3 is 6.18 Å². The van der Waals surface area contributed by atoms with Gasteiger partial charge < -0.3 is 15.0 Å². The van der Waals surface area contributed by atoms with Crippen LogP contribution in [0.1, 0.15) is 23.1 Å². The Balaban J connectivity index is 1.61. The molecule has 214 valence electrons. The third kappa shape index (κ3) is 8.01. The lowest BCUT2D eigenvalue weighted by Crippen LogP contribution is -2.22. The van der Waals surface area contributed by atoms with Gasteiger partial charge in [0.2, 0.25) is 17.7 Å². The van der Waals surface area contributed by atoms with Gasteiger partial charge in [-0.2, -0.15) is 17.6 Å². The first-order chi connectivity index (χ1) is 19.6. The maximum Gasteiger partial charge on any atom is 0.393 e. The van der Waals surface area contributed by atoms with Crippen LogP contribution in [0.25, 0.3) is 22.0 Å². The molecular formula is C30H29F4N5O2. The van der Waals surface area contributed by atoms with E-state index in [1.807, 2.05) is 0 Å². The Bertz CT molecular complexity index is 1530. The van der Waals surface area contributed by atoms with Gasteiger partial charge in [0.05, 0.1) is 17.3 Å². The summed E-state index contributed by atoms with van der Waals surface area (Å²) in [4.78, 5) is 17.3.